The van der Waals surface area contributed by atoms with E-state index in [-0.39, 0.29) is 5.91 Å². The van der Waals surface area contributed by atoms with Crippen molar-refractivity contribution >= 4 is 23.2 Å². The second kappa shape index (κ2) is 5.74. The van der Waals surface area contributed by atoms with Crippen LogP contribution in [-0.2, 0) is 4.79 Å². The summed E-state index contributed by atoms with van der Waals surface area (Å²) in [6, 6.07) is -0.402. The Kier molecular flexibility index (Phi) is 4.04. The lowest BCUT2D eigenvalue weighted by molar-refractivity contribution is -0.130. The lowest BCUT2D eigenvalue weighted by Gasteiger charge is -2.21. The Labute approximate surface area is 117 Å². The maximum Gasteiger partial charge on any atom is 0.244 e. The van der Waals surface area contributed by atoms with Crippen molar-refractivity contribution in [1.82, 2.24) is 19.3 Å². The largest absolute Gasteiger partial charge is 0.355 e. The van der Waals surface area contributed by atoms with Gasteiger partial charge in [0.1, 0.15) is 6.04 Å². The Hall–Kier alpha value is -2.35. The number of likely N-dealkylation sites (N-methyl/N-ethyl adjacent to an activating group) is 1. The van der Waals surface area contributed by atoms with E-state index in [4.69, 9.17) is 5.84 Å². The van der Waals surface area contributed by atoms with Crippen molar-refractivity contribution in [3.8, 4) is 0 Å². The van der Waals surface area contributed by atoms with Crippen molar-refractivity contribution in [3.63, 3.8) is 0 Å². The van der Waals surface area contributed by atoms with Crippen molar-refractivity contribution in [1.29, 1.82) is 0 Å². The summed E-state index contributed by atoms with van der Waals surface area (Å²) < 4.78 is 1.78. The van der Waals surface area contributed by atoms with E-state index in [9.17, 15) is 4.79 Å². The molecule has 2 aromatic heterocycles. The van der Waals surface area contributed by atoms with Gasteiger partial charge in [0.15, 0.2) is 17.3 Å². The van der Waals surface area contributed by atoms with Crippen LogP contribution >= 0.6 is 0 Å². The summed E-state index contributed by atoms with van der Waals surface area (Å²) in [5, 5.41) is 3.08. The second-order valence-electron chi connectivity index (χ2n) is 4.50. The maximum atomic E-state index is 12.1. The first-order chi connectivity index (χ1) is 9.56. The number of hydrogen-bond acceptors (Lipinski definition) is 6. The molecule has 0 spiro atoms. The first-order valence-corrected chi connectivity index (χ1v) is 6.38. The Morgan fingerprint density at radius 1 is 1.60 bits per heavy atom. The molecule has 0 bridgehead atoms. The molecule has 108 valence electrons. The molecule has 0 aliphatic carbocycles. The Bertz CT molecular complexity index is 609. The lowest BCUT2D eigenvalue weighted by Crippen LogP contribution is -2.39. The van der Waals surface area contributed by atoms with Gasteiger partial charge in [-0.1, -0.05) is 0 Å². The SMILES string of the molecule is CCN(C)C(=O)C(C)Nc1nc(NN)cn2ccnc12. The van der Waals surface area contributed by atoms with Crippen molar-refractivity contribution in [2.75, 3.05) is 24.3 Å². The lowest BCUT2D eigenvalue weighted by atomic mass is 10.3. The van der Waals surface area contributed by atoms with Gasteiger partial charge in [0.2, 0.25) is 5.91 Å². The van der Waals surface area contributed by atoms with E-state index in [1.165, 1.54) is 0 Å². The average molecular weight is 277 g/mol. The van der Waals surface area contributed by atoms with Gasteiger partial charge in [-0.2, -0.15) is 0 Å². The molecule has 0 aliphatic rings. The maximum absolute atomic E-state index is 12.1. The topological polar surface area (TPSA) is 101 Å². The summed E-state index contributed by atoms with van der Waals surface area (Å²) in [6.07, 6.45) is 5.17. The number of hydrogen-bond donors (Lipinski definition) is 3. The first kappa shape index (κ1) is 14.1. The summed E-state index contributed by atoms with van der Waals surface area (Å²) in [4.78, 5) is 22.2. The Morgan fingerprint density at radius 3 is 3.00 bits per heavy atom. The number of aromatic nitrogens is 3. The number of rotatable bonds is 5. The third kappa shape index (κ3) is 2.64. The van der Waals surface area contributed by atoms with E-state index < -0.39 is 6.04 Å². The number of anilines is 2. The summed E-state index contributed by atoms with van der Waals surface area (Å²) in [7, 11) is 1.76. The van der Waals surface area contributed by atoms with E-state index in [1.807, 2.05) is 6.92 Å². The first-order valence-electron chi connectivity index (χ1n) is 6.38. The molecule has 1 atom stereocenters. The summed E-state index contributed by atoms with van der Waals surface area (Å²) in [5.41, 5.74) is 3.13. The highest BCUT2D eigenvalue weighted by molar-refractivity contribution is 5.85. The monoisotopic (exact) mass is 277 g/mol. The molecule has 2 rings (SSSR count). The number of nitrogens with zero attached hydrogens (tertiary/aromatic N) is 4. The predicted octanol–water partition coefficient (Wildman–Crippen LogP) is 0.294. The van der Waals surface area contributed by atoms with Gasteiger partial charge in [0.25, 0.3) is 0 Å². The molecule has 1 amide bonds. The molecule has 0 fully saturated rings. The zero-order valence-corrected chi connectivity index (χ0v) is 11.8. The number of imidazole rings is 1. The fourth-order valence-electron chi connectivity index (χ4n) is 1.85. The van der Waals surface area contributed by atoms with Crippen molar-refractivity contribution in [2.24, 2.45) is 5.84 Å². The fourth-order valence-corrected chi connectivity index (χ4v) is 1.85. The van der Waals surface area contributed by atoms with Gasteiger partial charge in [0, 0.05) is 26.0 Å². The molecule has 0 saturated heterocycles. The molecule has 8 heteroatoms. The fraction of sp³-hybridized carbons (Fsp3) is 0.417. The number of fused-ring (bicyclic) bond motifs is 1. The van der Waals surface area contributed by atoms with Gasteiger partial charge in [0.05, 0.1) is 6.20 Å². The van der Waals surface area contributed by atoms with Gasteiger partial charge in [-0.15, -0.1) is 0 Å². The molecular weight excluding hydrogens is 258 g/mol. The van der Waals surface area contributed by atoms with E-state index in [0.29, 0.717) is 23.8 Å². The minimum absolute atomic E-state index is 0.00915. The standard InChI is InChI=1S/C12H19N7O/c1-4-18(3)12(20)8(2)15-10-11-14-5-6-19(11)7-9(16-10)17-13/h5-8,17H,4,13H2,1-3H3,(H,15,16). The van der Waals surface area contributed by atoms with Crippen molar-refractivity contribution in [2.45, 2.75) is 19.9 Å². The van der Waals surface area contributed by atoms with Crippen LogP contribution < -0.4 is 16.6 Å². The number of nitrogen functional groups attached to an aromatic ring is 1. The Balaban J connectivity index is 2.28. The molecule has 0 aliphatic heterocycles. The van der Waals surface area contributed by atoms with Gasteiger partial charge in [-0.3, -0.25) is 4.79 Å². The van der Waals surface area contributed by atoms with Gasteiger partial charge in [-0.25, -0.2) is 15.8 Å². The van der Waals surface area contributed by atoms with Crippen LogP contribution in [0.5, 0.6) is 0 Å². The van der Waals surface area contributed by atoms with Gasteiger partial charge in [-0.05, 0) is 13.8 Å². The molecule has 0 saturated carbocycles. The van der Waals surface area contributed by atoms with Crippen LogP contribution in [0.2, 0.25) is 0 Å². The highest BCUT2D eigenvalue weighted by atomic mass is 16.2. The van der Waals surface area contributed by atoms with Crippen LogP contribution in [-0.4, -0.2) is 44.8 Å². The molecular formula is C12H19N7O. The molecule has 4 N–H and O–H groups in total. The predicted molar refractivity (Wildman–Crippen MR) is 77.2 cm³/mol. The van der Waals surface area contributed by atoms with Crippen LogP contribution in [0.15, 0.2) is 18.6 Å². The number of hydrazine groups is 1. The van der Waals surface area contributed by atoms with Gasteiger partial charge >= 0.3 is 0 Å². The van der Waals surface area contributed by atoms with E-state index in [2.05, 4.69) is 20.7 Å². The number of carbonyl (C=O) groups is 1. The third-order valence-electron chi connectivity index (χ3n) is 3.10. The van der Waals surface area contributed by atoms with Crippen molar-refractivity contribution in [3.05, 3.63) is 18.6 Å². The minimum Gasteiger partial charge on any atom is -0.355 e. The molecule has 1 unspecified atom stereocenters. The number of carbonyl (C=O) groups excluding carboxylic acids is 1. The molecule has 20 heavy (non-hydrogen) atoms. The Morgan fingerprint density at radius 2 is 2.35 bits per heavy atom. The number of nitrogens with one attached hydrogen (secondary N) is 2. The third-order valence-corrected chi connectivity index (χ3v) is 3.10. The van der Waals surface area contributed by atoms with Crippen LogP contribution in [0.1, 0.15) is 13.8 Å². The summed E-state index contributed by atoms with van der Waals surface area (Å²) in [6.45, 7) is 4.37. The molecule has 2 aromatic rings. The molecule has 0 aromatic carbocycles. The summed E-state index contributed by atoms with van der Waals surface area (Å²) in [5.74, 6) is 6.38. The van der Waals surface area contributed by atoms with Gasteiger partial charge < -0.3 is 20.0 Å². The highest BCUT2D eigenvalue weighted by Gasteiger charge is 2.18. The van der Waals surface area contributed by atoms with Crippen LogP contribution in [0.25, 0.3) is 5.65 Å². The van der Waals surface area contributed by atoms with Crippen LogP contribution in [0.4, 0.5) is 11.6 Å². The smallest absolute Gasteiger partial charge is 0.244 e. The zero-order chi connectivity index (χ0) is 14.7. The minimum atomic E-state index is -0.402. The quantitative estimate of drug-likeness (QED) is 0.536. The van der Waals surface area contributed by atoms with Crippen molar-refractivity contribution < 1.29 is 4.79 Å². The normalized spacial score (nSPS) is 12.2. The summed E-state index contributed by atoms with van der Waals surface area (Å²) >= 11 is 0. The van der Waals surface area contributed by atoms with E-state index >= 15 is 0 Å². The van der Waals surface area contributed by atoms with Crippen LogP contribution in [0.3, 0.4) is 0 Å². The highest BCUT2D eigenvalue weighted by Crippen LogP contribution is 2.17. The average Bonchev–Trinajstić information content (AvgIpc) is 2.93. The number of amides is 1. The molecule has 8 nitrogen and oxygen atoms in total. The molecule has 0 radical (unpaired) electrons. The molecule has 2 heterocycles. The number of nitrogens with two attached hydrogens (primary N) is 1. The van der Waals surface area contributed by atoms with E-state index in [1.54, 1.807) is 41.9 Å². The second-order valence-corrected chi connectivity index (χ2v) is 4.50. The van der Waals surface area contributed by atoms with Crippen LogP contribution in [0, 0.1) is 0 Å². The van der Waals surface area contributed by atoms with E-state index in [0.717, 1.165) is 0 Å². The zero-order valence-electron chi connectivity index (χ0n) is 11.8.